The minimum atomic E-state index is -1.02. The molecule has 3 rings (SSSR count). The second kappa shape index (κ2) is 10.8. The summed E-state index contributed by atoms with van der Waals surface area (Å²) in [6, 6.07) is 13.5. The molecule has 2 aromatic rings. The number of halogens is 1. The normalized spacial score (nSPS) is 18.8. The molecule has 0 aliphatic carbocycles. The molecule has 1 saturated heterocycles. The predicted octanol–water partition coefficient (Wildman–Crippen LogP) is 1.16. The Kier molecular flexibility index (Phi) is 7.83. The number of esters is 1. The fraction of sp³-hybridized carbons (Fsp3) is 0.304. The molecule has 1 heterocycles. The number of methoxy groups -OCH3 is 1. The molecule has 0 aromatic heterocycles. The van der Waals surface area contributed by atoms with Gasteiger partial charge in [-0.3, -0.25) is 14.4 Å². The highest BCUT2D eigenvalue weighted by atomic mass is 35.5. The van der Waals surface area contributed by atoms with Crippen molar-refractivity contribution in [2.45, 2.75) is 37.4 Å². The van der Waals surface area contributed by atoms with Crippen molar-refractivity contribution in [2.24, 2.45) is 0 Å². The van der Waals surface area contributed by atoms with Crippen molar-refractivity contribution >= 4 is 35.3 Å². The topological polar surface area (TPSA) is 114 Å². The Labute approximate surface area is 190 Å². The van der Waals surface area contributed by atoms with E-state index in [1.165, 1.54) is 7.11 Å². The smallest absolute Gasteiger partial charge is 0.328 e. The van der Waals surface area contributed by atoms with Gasteiger partial charge < -0.3 is 20.7 Å². The minimum Gasteiger partial charge on any atom is -0.467 e. The van der Waals surface area contributed by atoms with Gasteiger partial charge in [0.15, 0.2) is 0 Å². The van der Waals surface area contributed by atoms with Gasteiger partial charge in [-0.25, -0.2) is 4.79 Å². The summed E-state index contributed by atoms with van der Waals surface area (Å²) < 4.78 is 4.78. The summed E-state index contributed by atoms with van der Waals surface area (Å²) in [5.41, 5.74) is 1.69. The zero-order valence-corrected chi connectivity index (χ0v) is 18.2. The van der Waals surface area contributed by atoms with E-state index in [2.05, 4.69) is 16.0 Å². The van der Waals surface area contributed by atoms with E-state index in [1.54, 1.807) is 24.3 Å². The number of hydrogen-bond acceptors (Lipinski definition) is 5. The van der Waals surface area contributed by atoms with Gasteiger partial charge in [-0.2, -0.15) is 0 Å². The average molecular weight is 458 g/mol. The quantitative estimate of drug-likeness (QED) is 0.515. The first-order valence-electron chi connectivity index (χ1n) is 10.1. The van der Waals surface area contributed by atoms with Crippen molar-refractivity contribution in [1.82, 2.24) is 16.0 Å². The van der Waals surface area contributed by atoms with E-state index in [9.17, 15) is 19.2 Å². The van der Waals surface area contributed by atoms with E-state index in [-0.39, 0.29) is 18.7 Å². The van der Waals surface area contributed by atoms with Crippen LogP contribution in [0.4, 0.5) is 0 Å². The summed E-state index contributed by atoms with van der Waals surface area (Å²) in [5.74, 6) is -1.99. The first-order valence-corrected chi connectivity index (χ1v) is 10.5. The van der Waals surface area contributed by atoms with Crippen molar-refractivity contribution < 1.29 is 23.9 Å². The van der Waals surface area contributed by atoms with E-state index in [0.717, 1.165) is 11.1 Å². The van der Waals surface area contributed by atoms with Crippen LogP contribution in [-0.4, -0.2) is 48.9 Å². The molecule has 0 spiro atoms. The first-order chi connectivity index (χ1) is 15.4. The van der Waals surface area contributed by atoms with Crippen molar-refractivity contribution in [3.8, 4) is 0 Å². The molecular formula is C23H24ClN3O5. The lowest BCUT2D eigenvalue weighted by atomic mass is 10.0. The van der Waals surface area contributed by atoms with E-state index < -0.39 is 35.9 Å². The van der Waals surface area contributed by atoms with Gasteiger partial charge in [0.05, 0.1) is 13.5 Å². The summed E-state index contributed by atoms with van der Waals surface area (Å²) in [5, 5.41) is 8.40. The minimum absolute atomic E-state index is 0.192. The fourth-order valence-electron chi connectivity index (χ4n) is 3.44. The first kappa shape index (κ1) is 23.3. The predicted molar refractivity (Wildman–Crippen MR) is 118 cm³/mol. The third-order valence-electron chi connectivity index (χ3n) is 5.11. The lowest BCUT2D eigenvalue weighted by Crippen LogP contribution is -2.63. The van der Waals surface area contributed by atoms with Crippen molar-refractivity contribution in [2.75, 3.05) is 7.11 Å². The van der Waals surface area contributed by atoms with Crippen molar-refractivity contribution in [1.29, 1.82) is 0 Å². The van der Waals surface area contributed by atoms with Gasteiger partial charge >= 0.3 is 5.97 Å². The number of carbonyl (C=O) groups excluding carboxylic acids is 4. The monoisotopic (exact) mass is 457 g/mol. The molecular weight excluding hydrogens is 434 g/mol. The Morgan fingerprint density at radius 3 is 2.25 bits per heavy atom. The van der Waals surface area contributed by atoms with Crippen LogP contribution in [0.1, 0.15) is 17.5 Å². The second-order valence-electron chi connectivity index (χ2n) is 7.49. The molecule has 0 saturated carbocycles. The van der Waals surface area contributed by atoms with Gasteiger partial charge in [0.1, 0.15) is 18.1 Å². The Bertz CT molecular complexity index is 981. The molecule has 3 atom stereocenters. The van der Waals surface area contributed by atoms with Gasteiger partial charge in [0.25, 0.3) is 0 Å². The van der Waals surface area contributed by atoms with Crippen LogP contribution in [-0.2, 0) is 36.8 Å². The number of rotatable bonds is 8. The SMILES string of the molecule is COC(=O)[C@H](Cc1ccc(Cl)cc1)NC(=O)C[C@@H]1NC(=O)[C@H](Cc2ccccc2)NC1=O. The Balaban J connectivity index is 1.57. The number of ether oxygens (including phenoxy) is 1. The van der Waals surface area contributed by atoms with Gasteiger partial charge in [0, 0.05) is 17.9 Å². The molecule has 168 valence electrons. The molecule has 1 fully saturated rings. The van der Waals surface area contributed by atoms with Crippen LogP contribution in [0.3, 0.4) is 0 Å². The molecule has 0 radical (unpaired) electrons. The Morgan fingerprint density at radius 2 is 1.59 bits per heavy atom. The van der Waals surface area contributed by atoms with Crippen LogP contribution in [0, 0.1) is 0 Å². The number of benzene rings is 2. The van der Waals surface area contributed by atoms with Crippen LogP contribution in [0.2, 0.25) is 5.02 Å². The number of piperazine rings is 1. The molecule has 9 heteroatoms. The van der Waals surface area contributed by atoms with Crippen LogP contribution in [0.25, 0.3) is 0 Å². The van der Waals surface area contributed by atoms with E-state index in [1.807, 2.05) is 30.3 Å². The summed E-state index contributed by atoms with van der Waals surface area (Å²) in [6.07, 6.45) is 0.241. The average Bonchev–Trinajstić information content (AvgIpc) is 2.78. The molecule has 2 aromatic carbocycles. The molecule has 8 nitrogen and oxygen atoms in total. The number of amides is 3. The summed E-state index contributed by atoms with van der Waals surface area (Å²) >= 11 is 5.88. The Hall–Kier alpha value is -3.39. The molecule has 0 unspecified atom stereocenters. The number of nitrogens with one attached hydrogen (secondary N) is 3. The van der Waals surface area contributed by atoms with Gasteiger partial charge in [-0.1, -0.05) is 54.1 Å². The molecule has 3 amide bonds. The van der Waals surface area contributed by atoms with E-state index in [0.29, 0.717) is 11.4 Å². The Morgan fingerprint density at radius 1 is 0.969 bits per heavy atom. The number of carbonyl (C=O) groups is 4. The van der Waals surface area contributed by atoms with Crippen LogP contribution < -0.4 is 16.0 Å². The third kappa shape index (κ3) is 6.31. The van der Waals surface area contributed by atoms with Gasteiger partial charge in [0.2, 0.25) is 17.7 Å². The maximum absolute atomic E-state index is 12.5. The zero-order valence-electron chi connectivity index (χ0n) is 17.5. The third-order valence-corrected chi connectivity index (χ3v) is 5.36. The maximum atomic E-state index is 12.5. The standard InChI is InChI=1S/C23H24ClN3O5/c1-32-23(31)19(12-15-7-9-16(24)10-8-15)25-20(28)13-18-22(30)26-17(21(29)27-18)11-14-5-3-2-4-6-14/h2-10,17-19H,11-13H2,1H3,(H,25,28)(H,26,30)(H,27,29)/t17-,18-,19-/m0/s1. The van der Waals surface area contributed by atoms with Crippen LogP contribution >= 0.6 is 11.6 Å². The molecule has 3 N–H and O–H groups in total. The van der Waals surface area contributed by atoms with Gasteiger partial charge in [-0.15, -0.1) is 0 Å². The number of hydrogen-bond donors (Lipinski definition) is 3. The summed E-state index contributed by atoms with van der Waals surface area (Å²) in [7, 11) is 1.23. The van der Waals surface area contributed by atoms with Gasteiger partial charge in [-0.05, 0) is 23.3 Å². The van der Waals surface area contributed by atoms with E-state index >= 15 is 0 Å². The maximum Gasteiger partial charge on any atom is 0.328 e. The lowest BCUT2D eigenvalue weighted by molar-refractivity contribution is -0.145. The van der Waals surface area contributed by atoms with E-state index in [4.69, 9.17) is 16.3 Å². The van der Waals surface area contributed by atoms with Crippen molar-refractivity contribution in [3.05, 3.63) is 70.7 Å². The van der Waals surface area contributed by atoms with Crippen LogP contribution in [0.15, 0.2) is 54.6 Å². The largest absolute Gasteiger partial charge is 0.467 e. The fourth-order valence-corrected chi connectivity index (χ4v) is 3.57. The van der Waals surface area contributed by atoms with Crippen molar-refractivity contribution in [3.63, 3.8) is 0 Å². The summed E-state index contributed by atoms with van der Waals surface area (Å²) in [6.45, 7) is 0. The van der Waals surface area contributed by atoms with Crippen LogP contribution in [0.5, 0.6) is 0 Å². The molecule has 1 aliphatic rings. The highest BCUT2D eigenvalue weighted by Gasteiger charge is 2.35. The zero-order chi connectivity index (χ0) is 23.1. The second-order valence-corrected chi connectivity index (χ2v) is 7.93. The molecule has 1 aliphatic heterocycles. The highest BCUT2D eigenvalue weighted by molar-refractivity contribution is 6.30. The summed E-state index contributed by atoms with van der Waals surface area (Å²) in [4.78, 5) is 49.6. The molecule has 0 bridgehead atoms. The molecule has 32 heavy (non-hydrogen) atoms. The lowest BCUT2D eigenvalue weighted by Gasteiger charge is -2.29. The highest BCUT2D eigenvalue weighted by Crippen LogP contribution is 2.12.